The smallest absolute Gasteiger partial charge is 0.237 e. The summed E-state index contributed by atoms with van der Waals surface area (Å²) >= 11 is 0. The van der Waals surface area contributed by atoms with Crippen LogP contribution in [-0.2, 0) is 17.8 Å². The van der Waals surface area contributed by atoms with Gasteiger partial charge in [-0.1, -0.05) is 24.3 Å². The number of hydrogen-bond donors (Lipinski definition) is 1. The van der Waals surface area contributed by atoms with E-state index in [1.54, 1.807) is 13.8 Å². The number of fused-ring (bicyclic) bond motifs is 1. The monoisotopic (exact) mass is 276 g/mol. The predicted molar refractivity (Wildman–Crippen MR) is 79.4 cm³/mol. The minimum atomic E-state index is -0.774. The molecule has 1 aliphatic heterocycles. The van der Waals surface area contributed by atoms with E-state index in [1.807, 2.05) is 29.0 Å². The highest BCUT2D eigenvalue weighted by atomic mass is 16.3. The molecule has 0 aromatic heterocycles. The van der Waals surface area contributed by atoms with Gasteiger partial charge < -0.3 is 10.0 Å². The van der Waals surface area contributed by atoms with Gasteiger partial charge in [-0.15, -0.1) is 0 Å². The highest BCUT2D eigenvalue weighted by Crippen LogP contribution is 2.18. The Hall–Kier alpha value is -1.39. The van der Waals surface area contributed by atoms with Crippen molar-refractivity contribution in [1.29, 1.82) is 0 Å². The van der Waals surface area contributed by atoms with Crippen molar-refractivity contribution in [1.82, 2.24) is 9.80 Å². The van der Waals surface area contributed by atoms with Gasteiger partial charge in [-0.2, -0.15) is 0 Å². The van der Waals surface area contributed by atoms with Gasteiger partial charge in [0.1, 0.15) is 0 Å². The highest BCUT2D eigenvalue weighted by molar-refractivity contribution is 5.78. The van der Waals surface area contributed by atoms with Crippen LogP contribution in [0.3, 0.4) is 0 Å². The van der Waals surface area contributed by atoms with Crippen LogP contribution in [0, 0.1) is 0 Å². The number of nitrogens with zero attached hydrogens (tertiary/aromatic N) is 2. The molecule has 4 nitrogen and oxygen atoms in total. The first-order valence-corrected chi connectivity index (χ1v) is 7.11. The van der Waals surface area contributed by atoms with Gasteiger partial charge in [0, 0.05) is 19.6 Å². The quantitative estimate of drug-likeness (QED) is 0.901. The summed E-state index contributed by atoms with van der Waals surface area (Å²) in [6, 6.07) is 8.30. The third kappa shape index (κ3) is 4.05. The molecule has 0 atom stereocenters. The number of rotatable bonds is 4. The average molecular weight is 276 g/mol. The second-order valence-corrected chi connectivity index (χ2v) is 6.32. The number of benzene rings is 1. The van der Waals surface area contributed by atoms with Gasteiger partial charge in [0.15, 0.2) is 0 Å². The first kappa shape index (κ1) is 15.0. The summed E-state index contributed by atoms with van der Waals surface area (Å²) in [5.41, 5.74) is 1.82. The fourth-order valence-electron chi connectivity index (χ4n) is 2.76. The fourth-order valence-corrected chi connectivity index (χ4v) is 2.76. The van der Waals surface area contributed by atoms with Gasteiger partial charge in [0.05, 0.1) is 12.1 Å². The van der Waals surface area contributed by atoms with E-state index in [0.29, 0.717) is 19.6 Å². The van der Waals surface area contributed by atoms with E-state index in [9.17, 15) is 9.90 Å². The topological polar surface area (TPSA) is 43.8 Å². The molecule has 1 N–H and O–H groups in total. The van der Waals surface area contributed by atoms with Crippen LogP contribution in [-0.4, -0.2) is 53.1 Å². The summed E-state index contributed by atoms with van der Waals surface area (Å²) in [7, 11) is 1.87. The zero-order chi connectivity index (χ0) is 14.8. The van der Waals surface area contributed by atoms with Crippen molar-refractivity contribution in [2.24, 2.45) is 0 Å². The van der Waals surface area contributed by atoms with E-state index < -0.39 is 5.60 Å². The van der Waals surface area contributed by atoms with E-state index in [4.69, 9.17) is 0 Å². The second kappa shape index (κ2) is 5.94. The molecule has 0 fully saturated rings. The predicted octanol–water partition coefficient (Wildman–Crippen LogP) is 1.27. The summed E-state index contributed by atoms with van der Waals surface area (Å²) in [6.07, 6.45) is 0.928. The SMILES string of the molecule is CN(CC(=O)N1CCc2ccccc2C1)CC(C)(C)O. The second-order valence-electron chi connectivity index (χ2n) is 6.32. The van der Waals surface area contributed by atoms with E-state index in [0.717, 1.165) is 13.0 Å². The molecule has 0 bridgehead atoms. The van der Waals surface area contributed by atoms with Gasteiger partial charge >= 0.3 is 0 Å². The Kier molecular flexibility index (Phi) is 4.45. The average Bonchev–Trinajstić information content (AvgIpc) is 2.35. The van der Waals surface area contributed by atoms with E-state index in [-0.39, 0.29) is 5.91 Å². The fraction of sp³-hybridized carbons (Fsp3) is 0.562. The zero-order valence-electron chi connectivity index (χ0n) is 12.6. The molecule has 110 valence electrons. The van der Waals surface area contributed by atoms with Crippen LogP contribution >= 0.6 is 0 Å². The van der Waals surface area contributed by atoms with Gasteiger partial charge in [0.2, 0.25) is 5.91 Å². The molecule has 0 saturated carbocycles. The van der Waals surface area contributed by atoms with Crippen molar-refractivity contribution in [2.75, 3.05) is 26.7 Å². The Morgan fingerprint density at radius 3 is 2.65 bits per heavy atom. The molecule has 20 heavy (non-hydrogen) atoms. The normalized spacial score (nSPS) is 15.3. The number of aliphatic hydroxyl groups is 1. The lowest BCUT2D eigenvalue weighted by Crippen LogP contribution is -2.45. The highest BCUT2D eigenvalue weighted by Gasteiger charge is 2.23. The molecule has 0 aliphatic carbocycles. The Labute approximate surface area is 121 Å². The third-order valence-electron chi connectivity index (χ3n) is 3.55. The Bertz CT molecular complexity index is 480. The molecule has 1 aliphatic rings. The molecule has 4 heteroatoms. The molecular weight excluding hydrogens is 252 g/mol. The lowest BCUT2D eigenvalue weighted by Gasteiger charge is -2.31. The van der Waals surface area contributed by atoms with Crippen molar-refractivity contribution in [3.63, 3.8) is 0 Å². The zero-order valence-corrected chi connectivity index (χ0v) is 12.6. The number of amides is 1. The molecule has 0 saturated heterocycles. The summed E-state index contributed by atoms with van der Waals surface area (Å²) in [4.78, 5) is 16.1. The summed E-state index contributed by atoms with van der Waals surface area (Å²) in [5, 5.41) is 9.77. The molecule has 1 aromatic carbocycles. The van der Waals surface area contributed by atoms with Crippen LogP contribution in [0.1, 0.15) is 25.0 Å². The van der Waals surface area contributed by atoms with E-state index in [1.165, 1.54) is 11.1 Å². The van der Waals surface area contributed by atoms with Gasteiger partial charge in [-0.3, -0.25) is 9.69 Å². The maximum atomic E-state index is 12.3. The van der Waals surface area contributed by atoms with Crippen LogP contribution in [0.2, 0.25) is 0 Å². The molecular formula is C16H24N2O2. The Morgan fingerprint density at radius 1 is 1.35 bits per heavy atom. The van der Waals surface area contributed by atoms with Crippen LogP contribution < -0.4 is 0 Å². The first-order chi connectivity index (χ1) is 9.35. The molecule has 0 unspecified atom stereocenters. The third-order valence-corrected chi connectivity index (χ3v) is 3.55. The summed E-state index contributed by atoms with van der Waals surface area (Å²) < 4.78 is 0. The van der Waals surface area contributed by atoms with E-state index in [2.05, 4.69) is 12.1 Å². The van der Waals surface area contributed by atoms with Crippen LogP contribution in [0.4, 0.5) is 0 Å². The molecule has 0 spiro atoms. The number of carbonyl (C=O) groups excluding carboxylic acids is 1. The lowest BCUT2D eigenvalue weighted by atomic mass is 10.00. The van der Waals surface area contributed by atoms with Crippen molar-refractivity contribution in [2.45, 2.75) is 32.4 Å². The number of likely N-dealkylation sites (N-methyl/N-ethyl adjacent to an activating group) is 1. The van der Waals surface area contributed by atoms with Crippen LogP contribution in [0.25, 0.3) is 0 Å². The number of carbonyl (C=O) groups is 1. The van der Waals surface area contributed by atoms with E-state index >= 15 is 0 Å². The Morgan fingerprint density at radius 2 is 2.00 bits per heavy atom. The maximum Gasteiger partial charge on any atom is 0.237 e. The standard InChI is InChI=1S/C16H24N2O2/c1-16(2,20)12-17(3)11-15(19)18-9-8-13-6-4-5-7-14(13)10-18/h4-7,20H,8-12H2,1-3H3. The van der Waals surface area contributed by atoms with Crippen molar-refractivity contribution in [3.05, 3.63) is 35.4 Å². The molecule has 1 amide bonds. The molecule has 0 radical (unpaired) electrons. The van der Waals surface area contributed by atoms with Gasteiger partial charge in [-0.25, -0.2) is 0 Å². The minimum Gasteiger partial charge on any atom is -0.389 e. The molecule has 1 heterocycles. The van der Waals surface area contributed by atoms with Gasteiger partial charge in [0.25, 0.3) is 0 Å². The lowest BCUT2D eigenvalue weighted by molar-refractivity contribution is -0.133. The molecule has 2 rings (SSSR count). The van der Waals surface area contributed by atoms with Gasteiger partial charge in [-0.05, 0) is 38.4 Å². The van der Waals surface area contributed by atoms with Crippen molar-refractivity contribution < 1.29 is 9.90 Å². The van der Waals surface area contributed by atoms with Crippen LogP contribution in [0.15, 0.2) is 24.3 Å². The maximum absolute atomic E-state index is 12.3. The largest absolute Gasteiger partial charge is 0.389 e. The first-order valence-electron chi connectivity index (χ1n) is 7.11. The van der Waals surface area contributed by atoms with Crippen molar-refractivity contribution in [3.8, 4) is 0 Å². The van der Waals surface area contributed by atoms with Crippen LogP contribution in [0.5, 0.6) is 0 Å². The van der Waals surface area contributed by atoms with Crippen molar-refractivity contribution >= 4 is 5.91 Å². The number of hydrogen-bond acceptors (Lipinski definition) is 3. The molecule has 1 aromatic rings. The summed E-state index contributed by atoms with van der Waals surface area (Å²) in [5.74, 6) is 0.131. The minimum absolute atomic E-state index is 0.131. The Balaban J connectivity index is 1.92. The summed E-state index contributed by atoms with van der Waals surface area (Å²) in [6.45, 7) is 5.84.